The molecule has 168 valence electrons. The van der Waals surface area contributed by atoms with Crippen LogP contribution in [0.5, 0.6) is 0 Å². The summed E-state index contributed by atoms with van der Waals surface area (Å²) >= 11 is 0. The molecule has 1 N–H and O–H groups in total. The molecule has 0 bridgehead atoms. The van der Waals surface area contributed by atoms with Gasteiger partial charge in [-0.2, -0.15) is 0 Å². The largest absolute Gasteiger partial charge is 0.444 e. The maximum atomic E-state index is 13.6. The SMILES string of the molecule is CC(C)(C)OC(=O)N1CCN(C(c2ccc(F)cc2)c2ccc(F)cc2)[C@H](CCO)C1. The molecule has 0 unspecified atom stereocenters. The molecule has 0 radical (unpaired) electrons. The smallest absolute Gasteiger partial charge is 0.410 e. The van der Waals surface area contributed by atoms with Crippen molar-refractivity contribution in [3.05, 3.63) is 71.3 Å². The zero-order chi connectivity index (χ0) is 22.6. The van der Waals surface area contributed by atoms with Gasteiger partial charge < -0.3 is 14.7 Å². The number of hydrogen-bond acceptors (Lipinski definition) is 4. The second-order valence-corrected chi connectivity index (χ2v) is 8.84. The Morgan fingerprint density at radius 1 is 1.03 bits per heavy atom. The Hall–Kier alpha value is -2.51. The lowest BCUT2D eigenvalue weighted by Gasteiger charge is -2.45. The number of rotatable bonds is 5. The Balaban J connectivity index is 1.91. The Bertz CT molecular complexity index is 820. The summed E-state index contributed by atoms with van der Waals surface area (Å²) in [6.45, 7) is 6.82. The van der Waals surface area contributed by atoms with Crippen LogP contribution in [-0.4, -0.2) is 58.9 Å². The molecule has 1 fully saturated rings. The minimum atomic E-state index is -0.592. The molecule has 1 saturated heterocycles. The summed E-state index contributed by atoms with van der Waals surface area (Å²) in [5.74, 6) is -0.661. The fourth-order valence-electron chi connectivity index (χ4n) is 3.97. The van der Waals surface area contributed by atoms with Crippen molar-refractivity contribution in [1.29, 1.82) is 0 Å². The third kappa shape index (κ3) is 6.02. The van der Waals surface area contributed by atoms with Gasteiger partial charge in [-0.1, -0.05) is 24.3 Å². The average Bonchev–Trinajstić information content (AvgIpc) is 2.71. The van der Waals surface area contributed by atoms with Gasteiger partial charge in [-0.05, 0) is 62.6 Å². The molecule has 1 heterocycles. The molecule has 3 rings (SSSR count). The van der Waals surface area contributed by atoms with Crippen molar-refractivity contribution in [2.75, 3.05) is 26.2 Å². The quantitative estimate of drug-likeness (QED) is 0.763. The number of ether oxygens (including phenoxy) is 1. The Labute approximate surface area is 182 Å². The Morgan fingerprint density at radius 3 is 2.00 bits per heavy atom. The fraction of sp³-hybridized carbons (Fsp3) is 0.458. The van der Waals surface area contributed by atoms with Crippen molar-refractivity contribution in [2.24, 2.45) is 0 Å². The first-order valence-electron chi connectivity index (χ1n) is 10.5. The van der Waals surface area contributed by atoms with E-state index in [1.807, 2.05) is 20.8 Å². The number of amides is 1. The van der Waals surface area contributed by atoms with Gasteiger partial charge in [0.15, 0.2) is 0 Å². The Kier molecular flexibility index (Phi) is 7.28. The molecule has 1 aliphatic heterocycles. The molecular formula is C24H30F2N2O3. The maximum absolute atomic E-state index is 13.6. The second-order valence-electron chi connectivity index (χ2n) is 8.84. The molecule has 2 aromatic rings. The van der Waals surface area contributed by atoms with E-state index in [1.165, 1.54) is 24.3 Å². The zero-order valence-electron chi connectivity index (χ0n) is 18.2. The van der Waals surface area contributed by atoms with E-state index in [1.54, 1.807) is 29.2 Å². The van der Waals surface area contributed by atoms with E-state index in [0.717, 1.165) is 11.1 Å². The number of aliphatic hydroxyl groups is 1. The fourth-order valence-corrected chi connectivity index (χ4v) is 3.97. The van der Waals surface area contributed by atoms with E-state index in [9.17, 15) is 18.7 Å². The van der Waals surface area contributed by atoms with Crippen LogP contribution in [-0.2, 0) is 4.74 Å². The van der Waals surface area contributed by atoms with Gasteiger partial charge in [-0.3, -0.25) is 4.90 Å². The molecule has 1 amide bonds. The lowest BCUT2D eigenvalue weighted by Crippen LogP contribution is -2.56. The van der Waals surface area contributed by atoms with Gasteiger partial charge in [-0.15, -0.1) is 0 Å². The molecule has 0 aliphatic carbocycles. The average molecular weight is 433 g/mol. The van der Waals surface area contributed by atoms with E-state index in [0.29, 0.717) is 26.1 Å². The van der Waals surface area contributed by atoms with Crippen LogP contribution in [0, 0.1) is 11.6 Å². The summed E-state index contributed by atoms with van der Waals surface area (Å²) in [7, 11) is 0. The highest BCUT2D eigenvalue weighted by atomic mass is 19.1. The van der Waals surface area contributed by atoms with Crippen LogP contribution in [0.15, 0.2) is 48.5 Å². The molecular weight excluding hydrogens is 402 g/mol. The molecule has 0 aromatic heterocycles. The summed E-state index contributed by atoms with van der Waals surface area (Å²) in [6, 6.07) is 12.1. The van der Waals surface area contributed by atoms with Crippen molar-refractivity contribution in [3.8, 4) is 0 Å². The summed E-state index contributed by atoms with van der Waals surface area (Å²) in [4.78, 5) is 16.4. The van der Waals surface area contributed by atoms with Crippen molar-refractivity contribution < 1.29 is 23.4 Å². The Morgan fingerprint density at radius 2 is 1.55 bits per heavy atom. The minimum absolute atomic E-state index is 0.0388. The lowest BCUT2D eigenvalue weighted by molar-refractivity contribution is -0.00545. The van der Waals surface area contributed by atoms with Crippen LogP contribution >= 0.6 is 0 Å². The summed E-state index contributed by atoms with van der Waals surface area (Å²) in [5.41, 5.74) is 1.13. The van der Waals surface area contributed by atoms with Crippen molar-refractivity contribution in [2.45, 2.75) is 44.9 Å². The van der Waals surface area contributed by atoms with Crippen molar-refractivity contribution >= 4 is 6.09 Å². The van der Waals surface area contributed by atoms with Crippen LogP contribution in [0.25, 0.3) is 0 Å². The van der Waals surface area contributed by atoms with Crippen LogP contribution < -0.4 is 0 Å². The number of carbonyl (C=O) groups excluding carboxylic acids is 1. The summed E-state index contributed by atoms with van der Waals surface area (Å²) in [6.07, 6.45) is 0.0771. The number of hydrogen-bond donors (Lipinski definition) is 1. The highest BCUT2D eigenvalue weighted by molar-refractivity contribution is 5.68. The molecule has 1 atom stereocenters. The predicted molar refractivity (Wildman–Crippen MR) is 115 cm³/mol. The molecule has 5 nitrogen and oxygen atoms in total. The van der Waals surface area contributed by atoms with Crippen molar-refractivity contribution in [3.63, 3.8) is 0 Å². The van der Waals surface area contributed by atoms with E-state index < -0.39 is 5.60 Å². The number of aliphatic hydroxyl groups excluding tert-OH is 1. The first kappa shape index (κ1) is 23.2. The van der Waals surface area contributed by atoms with Gasteiger partial charge in [-0.25, -0.2) is 13.6 Å². The topological polar surface area (TPSA) is 53.0 Å². The third-order valence-corrected chi connectivity index (χ3v) is 5.35. The van der Waals surface area contributed by atoms with E-state index in [4.69, 9.17) is 4.74 Å². The van der Waals surface area contributed by atoms with Crippen LogP contribution in [0.1, 0.15) is 44.4 Å². The van der Waals surface area contributed by atoms with Gasteiger partial charge in [0.05, 0.1) is 6.04 Å². The van der Waals surface area contributed by atoms with Crippen LogP contribution in [0.4, 0.5) is 13.6 Å². The molecule has 1 aliphatic rings. The van der Waals surface area contributed by atoms with E-state index in [-0.39, 0.29) is 36.4 Å². The first-order valence-corrected chi connectivity index (χ1v) is 10.5. The number of piperazine rings is 1. The highest BCUT2D eigenvalue weighted by Crippen LogP contribution is 2.33. The number of nitrogens with zero attached hydrogens (tertiary/aromatic N) is 2. The molecule has 2 aromatic carbocycles. The third-order valence-electron chi connectivity index (χ3n) is 5.35. The van der Waals surface area contributed by atoms with Gasteiger partial charge in [0.1, 0.15) is 17.2 Å². The summed E-state index contributed by atoms with van der Waals surface area (Å²) < 4.78 is 32.6. The number of benzene rings is 2. The first-order chi connectivity index (χ1) is 14.7. The second kappa shape index (κ2) is 9.75. The van der Waals surface area contributed by atoms with E-state index >= 15 is 0 Å². The van der Waals surface area contributed by atoms with Gasteiger partial charge >= 0.3 is 6.09 Å². The zero-order valence-corrected chi connectivity index (χ0v) is 18.2. The van der Waals surface area contributed by atoms with Gasteiger partial charge in [0, 0.05) is 32.3 Å². The standard InChI is InChI=1S/C24H30F2N2O3/c1-24(2,3)31-23(30)27-13-14-28(21(16-27)12-15-29)22(17-4-8-19(25)9-5-17)18-6-10-20(26)11-7-18/h4-11,21-22,29H,12-16H2,1-3H3/t21-/m1/s1. The van der Waals surface area contributed by atoms with Crippen molar-refractivity contribution in [1.82, 2.24) is 9.80 Å². The number of carbonyl (C=O) groups is 1. The molecule has 0 spiro atoms. The molecule has 7 heteroatoms. The van der Waals surface area contributed by atoms with E-state index in [2.05, 4.69) is 4.90 Å². The molecule has 31 heavy (non-hydrogen) atoms. The normalized spacial score (nSPS) is 17.8. The predicted octanol–water partition coefficient (Wildman–Crippen LogP) is 4.36. The summed E-state index contributed by atoms with van der Waals surface area (Å²) in [5, 5.41) is 9.68. The molecule has 0 saturated carbocycles. The van der Waals surface area contributed by atoms with Gasteiger partial charge in [0.25, 0.3) is 0 Å². The minimum Gasteiger partial charge on any atom is -0.444 e. The lowest BCUT2D eigenvalue weighted by atomic mass is 9.93. The monoisotopic (exact) mass is 432 g/mol. The van der Waals surface area contributed by atoms with Crippen LogP contribution in [0.3, 0.4) is 0 Å². The maximum Gasteiger partial charge on any atom is 0.410 e. The number of halogens is 2. The highest BCUT2D eigenvalue weighted by Gasteiger charge is 2.36. The van der Waals surface area contributed by atoms with Crippen LogP contribution in [0.2, 0.25) is 0 Å². The van der Waals surface area contributed by atoms with Gasteiger partial charge in [0.2, 0.25) is 0 Å².